The highest BCUT2D eigenvalue weighted by atomic mass is 32.2. The van der Waals surface area contributed by atoms with Crippen molar-refractivity contribution in [3.05, 3.63) is 17.0 Å². The van der Waals surface area contributed by atoms with Gasteiger partial charge in [-0.15, -0.1) is 11.3 Å². The SMILES string of the molecule is CC(C)CN(C)C(=O)Cc1ccc(S(=O)(=O)N2CCCCC2)s1. The summed E-state index contributed by atoms with van der Waals surface area (Å²) in [5.74, 6) is 0.449. The van der Waals surface area contributed by atoms with E-state index in [0.29, 0.717) is 29.8 Å². The maximum absolute atomic E-state index is 12.6. The van der Waals surface area contributed by atoms with E-state index in [-0.39, 0.29) is 12.3 Å². The number of nitrogens with zero attached hydrogens (tertiary/aromatic N) is 2. The van der Waals surface area contributed by atoms with E-state index in [4.69, 9.17) is 0 Å². The summed E-state index contributed by atoms with van der Waals surface area (Å²) in [5, 5.41) is 0. The number of hydrogen-bond donors (Lipinski definition) is 0. The summed E-state index contributed by atoms with van der Waals surface area (Å²) in [4.78, 5) is 14.7. The normalized spacial score (nSPS) is 16.7. The number of likely N-dealkylation sites (N-methyl/N-ethyl adjacent to an activating group) is 1. The number of thiophene rings is 1. The number of piperidine rings is 1. The van der Waals surface area contributed by atoms with Crippen LogP contribution in [0.4, 0.5) is 0 Å². The molecule has 2 rings (SSSR count). The molecule has 0 radical (unpaired) electrons. The van der Waals surface area contributed by atoms with Crippen LogP contribution in [0.1, 0.15) is 38.0 Å². The van der Waals surface area contributed by atoms with Crippen LogP contribution in [0.2, 0.25) is 0 Å². The van der Waals surface area contributed by atoms with Gasteiger partial charge >= 0.3 is 0 Å². The van der Waals surface area contributed by atoms with Crippen molar-refractivity contribution < 1.29 is 13.2 Å². The first-order chi connectivity index (χ1) is 10.8. The van der Waals surface area contributed by atoms with Gasteiger partial charge in [0.1, 0.15) is 4.21 Å². The van der Waals surface area contributed by atoms with E-state index in [1.54, 1.807) is 28.4 Å². The van der Waals surface area contributed by atoms with Gasteiger partial charge in [-0.1, -0.05) is 20.3 Å². The summed E-state index contributed by atoms with van der Waals surface area (Å²) >= 11 is 1.22. The molecule has 0 spiro atoms. The second-order valence-corrected chi connectivity index (χ2v) is 9.86. The molecular formula is C16H26N2O3S2. The number of hydrogen-bond acceptors (Lipinski definition) is 4. The third kappa shape index (κ3) is 4.78. The molecule has 7 heteroatoms. The fourth-order valence-electron chi connectivity index (χ4n) is 2.76. The largest absolute Gasteiger partial charge is 0.345 e. The summed E-state index contributed by atoms with van der Waals surface area (Å²) in [6.07, 6.45) is 3.22. The van der Waals surface area contributed by atoms with Crippen LogP contribution in [0.25, 0.3) is 0 Å². The van der Waals surface area contributed by atoms with E-state index in [1.165, 1.54) is 11.3 Å². The predicted octanol–water partition coefficient (Wildman–Crippen LogP) is 2.58. The van der Waals surface area contributed by atoms with Gasteiger partial charge in [-0.25, -0.2) is 8.42 Å². The molecule has 130 valence electrons. The van der Waals surface area contributed by atoms with Crippen molar-refractivity contribution in [2.45, 2.75) is 43.7 Å². The van der Waals surface area contributed by atoms with Gasteiger partial charge in [0.25, 0.3) is 10.0 Å². The Bertz CT molecular complexity index is 632. The van der Waals surface area contributed by atoms with E-state index >= 15 is 0 Å². The quantitative estimate of drug-likeness (QED) is 0.785. The monoisotopic (exact) mass is 358 g/mol. The maximum atomic E-state index is 12.6. The Kier molecular flexibility index (Phi) is 6.22. The molecule has 0 atom stereocenters. The average molecular weight is 359 g/mol. The third-order valence-electron chi connectivity index (χ3n) is 3.94. The first kappa shape index (κ1) is 18.4. The van der Waals surface area contributed by atoms with Crippen LogP contribution in [0.3, 0.4) is 0 Å². The Morgan fingerprint density at radius 2 is 1.91 bits per heavy atom. The van der Waals surface area contributed by atoms with Crippen molar-refractivity contribution in [2.24, 2.45) is 5.92 Å². The highest BCUT2D eigenvalue weighted by molar-refractivity contribution is 7.91. The topological polar surface area (TPSA) is 57.7 Å². The van der Waals surface area contributed by atoms with Crippen LogP contribution in [0.5, 0.6) is 0 Å². The molecule has 1 aromatic heterocycles. The number of carbonyl (C=O) groups is 1. The molecule has 0 saturated carbocycles. The molecule has 1 fully saturated rings. The molecule has 2 heterocycles. The van der Waals surface area contributed by atoms with E-state index in [0.717, 1.165) is 24.1 Å². The molecule has 0 N–H and O–H groups in total. The lowest BCUT2D eigenvalue weighted by Gasteiger charge is -2.25. The third-order valence-corrected chi connectivity index (χ3v) is 7.39. The molecule has 1 aliphatic heterocycles. The van der Waals surface area contributed by atoms with Gasteiger partial charge in [0, 0.05) is 31.6 Å². The van der Waals surface area contributed by atoms with Gasteiger partial charge in [-0.3, -0.25) is 4.79 Å². The van der Waals surface area contributed by atoms with Crippen LogP contribution < -0.4 is 0 Å². The Morgan fingerprint density at radius 1 is 1.26 bits per heavy atom. The van der Waals surface area contributed by atoms with E-state index in [2.05, 4.69) is 13.8 Å². The molecule has 1 saturated heterocycles. The smallest absolute Gasteiger partial charge is 0.252 e. The highest BCUT2D eigenvalue weighted by Crippen LogP contribution is 2.27. The number of carbonyl (C=O) groups excluding carboxylic acids is 1. The fraction of sp³-hybridized carbons (Fsp3) is 0.688. The summed E-state index contributed by atoms with van der Waals surface area (Å²) in [6.45, 7) is 6.05. The Hall–Kier alpha value is -0.920. The molecular weight excluding hydrogens is 332 g/mol. The van der Waals surface area contributed by atoms with Crippen molar-refractivity contribution in [3.8, 4) is 0 Å². The van der Waals surface area contributed by atoms with Crippen LogP contribution in [-0.4, -0.2) is 50.2 Å². The van der Waals surface area contributed by atoms with Gasteiger partial charge in [-0.05, 0) is 30.9 Å². The minimum absolute atomic E-state index is 0.0301. The average Bonchev–Trinajstić information content (AvgIpc) is 2.96. The van der Waals surface area contributed by atoms with Crippen molar-refractivity contribution in [3.63, 3.8) is 0 Å². The number of sulfonamides is 1. The van der Waals surface area contributed by atoms with Gasteiger partial charge in [0.15, 0.2) is 0 Å². The van der Waals surface area contributed by atoms with E-state index < -0.39 is 10.0 Å². The summed E-state index contributed by atoms with van der Waals surface area (Å²) in [6, 6.07) is 3.41. The van der Waals surface area contributed by atoms with Gasteiger partial charge in [0.05, 0.1) is 6.42 Å². The fourth-order valence-corrected chi connectivity index (χ4v) is 5.78. The lowest BCUT2D eigenvalue weighted by molar-refractivity contribution is -0.129. The van der Waals surface area contributed by atoms with Crippen molar-refractivity contribution >= 4 is 27.3 Å². The Labute approximate surface area is 143 Å². The molecule has 23 heavy (non-hydrogen) atoms. The zero-order valence-corrected chi connectivity index (χ0v) is 15.8. The standard InChI is InChI=1S/C16H26N2O3S2/c1-13(2)12-17(3)15(19)11-14-7-8-16(22-14)23(20,21)18-9-5-4-6-10-18/h7-8,13H,4-6,9-12H2,1-3H3. The lowest BCUT2D eigenvalue weighted by Crippen LogP contribution is -2.35. The molecule has 0 aliphatic carbocycles. The summed E-state index contributed by atoms with van der Waals surface area (Å²) < 4.78 is 27.1. The molecule has 1 amide bonds. The second kappa shape index (κ2) is 7.77. The molecule has 0 aromatic carbocycles. The molecule has 0 unspecified atom stereocenters. The number of rotatable bonds is 6. The Morgan fingerprint density at radius 3 is 2.52 bits per heavy atom. The van der Waals surface area contributed by atoms with Gasteiger partial charge in [0.2, 0.25) is 5.91 Å². The minimum atomic E-state index is -3.39. The predicted molar refractivity (Wildman–Crippen MR) is 93.1 cm³/mol. The lowest BCUT2D eigenvalue weighted by atomic mass is 10.2. The first-order valence-electron chi connectivity index (χ1n) is 8.13. The van der Waals surface area contributed by atoms with Crippen LogP contribution in [-0.2, 0) is 21.2 Å². The number of amides is 1. The van der Waals surface area contributed by atoms with Crippen molar-refractivity contribution in [1.82, 2.24) is 9.21 Å². The van der Waals surface area contributed by atoms with Crippen LogP contribution in [0.15, 0.2) is 16.3 Å². The van der Waals surface area contributed by atoms with Crippen LogP contribution in [0, 0.1) is 5.92 Å². The summed E-state index contributed by atoms with van der Waals surface area (Å²) in [5.41, 5.74) is 0. The van der Waals surface area contributed by atoms with E-state index in [9.17, 15) is 13.2 Å². The molecule has 1 aromatic rings. The molecule has 1 aliphatic rings. The van der Waals surface area contributed by atoms with Gasteiger partial charge < -0.3 is 4.90 Å². The zero-order chi connectivity index (χ0) is 17.0. The highest BCUT2D eigenvalue weighted by Gasteiger charge is 2.27. The van der Waals surface area contributed by atoms with Crippen LogP contribution >= 0.6 is 11.3 Å². The van der Waals surface area contributed by atoms with E-state index in [1.807, 2.05) is 0 Å². The maximum Gasteiger partial charge on any atom is 0.252 e. The van der Waals surface area contributed by atoms with Crippen molar-refractivity contribution in [2.75, 3.05) is 26.7 Å². The molecule has 5 nitrogen and oxygen atoms in total. The summed E-state index contributed by atoms with van der Waals surface area (Å²) in [7, 11) is -1.60. The first-order valence-corrected chi connectivity index (χ1v) is 10.4. The second-order valence-electron chi connectivity index (χ2n) is 6.53. The van der Waals surface area contributed by atoms with Crippen molar-refractivity contribution in [1.29, 1.82) is 0 Å². The Balaban J connectivity index is 2.04. The molecule has 0 bridgehead atoms. The van der Waals surface area contributed by atoms with Gasteiger partial charge in [-0.2, -0.15) is 4.31 Å². The minimum Gasteiger partial charge on any atom is -0.345 e. The zero-order valence-electron chi connectivity index (χ0n) is 14.1.